The third-order valence-corrected chi connectivity index (χ3v) is 5.58. The molecule has 0 aromatic carbocycles. The van der Waals surface area contributed by atoms with E-state index in [9.17, 15) is 0 Å². The average Bonchev–Trinajstić information content (AvgIpc) is 3.15. The van der Waals surface area contributed by atoms with Crippen LogP contribution in [0.2, 0.25) is 0 Å². The van der Waals surface area contributed by atoms with Gasteiger partial charge >= 0.3 is 248 Å². The molecule has 0 amide bonds. The summed E-state index contributed by atoms with van der Waals surface area (Å²) in [5, 5.41) is 102. The van der Waals surface area contributed by atoms with Crippen LogP contribution in [0.4, 0.5) is 0 Å². The second-order valence-electron chi connectivity index (χ2n) is 11.9. The molecule has 80 heavy (non-hydrogen) atoms. The van der Waals surface area contributed by atoms with Crippen molar-refractivity contribution in [3.8, 4) is 0 Å². The zero-order valence-corrected chi connectivity index (χ0v) is 56.7. The zero-order valence-electron chi connectivity index (χ0n) is 40.7. The van der Waals surface area contributed by atoms with E-state index < -0.39 is 134 Å². The second kappa shape index (κ2) is 69.1. The maximum absolute atomic E-state index is 8.63. The summed E-state index contributed by atoms with van der Waals surface area (Å²) in [4.78, 5) is 4.14. The first-order valence-corrected chi connectivity index (χ1v) is 45.6. The van der Waals surface area contributed by atoms with Gasteiger partial charge in [-0.2, -0.15) is 0 Å². The predicted octanol–water partition coefficient (Wildman–Crippen LogP) is -33.6. The van der Waals surface area contributed by atoms with Crippen LogP contribution in [-0.4, -0.2) is 219 Å². The van der Waals surface area contributed by atoms with Crippen LogP contribution < -0.4 is 79.8 Å². The third kappa shape index (κ3) is 351. The van der Waals surface area contributed by atoms with Gasteiger partial charge in [0, 0.05) is 0 Å². The van der Waals surface area contributed by atoms with E-state index in [0.717, 1.165) is 19.6 Å². The summed E-state index contributed by atoms with van der Waals surface area (Å²) in [6, 6.07) is 0. The summed E-state index contributed by atoms with van der Waals surface area (Å²) in [6.07, 6.45) is 0. The molecule has 0 aromatic rings. The molecule has 0 unspecified atom stereocenters. The second-order valence-corrected chi connectivity index (χ2v) is 28.0. The van der Waals surface area contributed by atoms with Crippen molar-refractivity contribution in [1.82, 2.24) is 0 Å². The van der Waals surface area contributed by atoms with E-state index in [1.165, 1.54) is 0 Å². The fourth-order valence-corrected chi connectivity index (χ4v) is 3.40. The van der Waals surface area contributed by atoms with Crippen LogP contribution in [0.25, 0.3) is 0 Å². The van der Waals surface area contributed by atoms with Gasteiger partial charge < -0.3 is 80.9 Å². The third-order valence-electron chi connectivity index (χ3n) is 5.58. The first-order chi connectivity index (χ1) is 35.4. The van der Waals surface area contributed by atoms with Crippen molar-refractivity contribution in [2.75, 3.05) is 158 Å². The Hall–Kier alpha value is 1.03. The van der Waals surface area contributed by atoms with Gasteiger partial charge in [-0.1, -0.05) is 0 Å². The van der Waals surface area contributed by atoms with Crippen LogP contribution in [-0.2, 0) is 188 Å². The first-order valence-electron chi connectivity index (χ1n) is 19.4. The number of aliphatic hydroxyl groups is 12. The number of nitrogens with one attached hydrogen (secondary N) is 4. The van der Waals surface area contributed by atoms with E-state index in [0.29, 0.717) is 78.5 Å². The van der Waals surface area contributed by atoms with Gasteiger partial charge in [0.05, 0.1) is 79.3 Å². The van der Waals surface area contributed by atoms with Gasteiger partial charge in [-0.25, -0.2) is 0 Å². The van der Waals surface area contributed by atoms with Crippen molar-refractivity contribution < 1.29 is 329 Å². The summed E-state index contributed by atoms with van der Waals surface area (Å²) in [5.74, 6) is 0. The molecule has 0 aliphatic carbocycles. The Kier molecular flexibility index (Phi) is 94.1. The Morgan fingerprint density at radius 3 is 0.225 bits per heavy atom. The van der Waals surface area contributed by atoms with Crippen molar-refractivity contribution in [3.63, 3.8) is 0 Å². The molecule has 0 saturated heterocycles. The van der Waals surface area contributed by atoms with Crippen molar-refractivity contribution >= 4 is 0 Å². The van der Waals surface area contributed by atoms with E-state index in [2.05, 4.69) is 0 Å². The average molecular weight is 1880 g/mol. The molecule has 48 nitrogen and oxygen atoms in total. The van der Waals surface area contributed by atoms with E-state index in [1.54, 1.807) is 0 Å². The van der Waals surface area contributed by atoms with E-state index in [4.69, 9.17) is 176 Å². The van der Waals surface area contributed by atoms with Crippen LogP contribution in [0.1, 0.15) is 0 Å². The van der Waals surface area contributed by atoms with E-state index >= 15 is 0 Å². The fraction of sp³-hybridized carbons (Fsp3) is 1.00. The van der Waals surface area contributed by atoms with E-state index in [1.807, 2.05) is 0 Å². The van der Waals surface area contributed by atoms with Crippen LogP contribution in [0, 0.1) is 0 Å². The Labute approximate surface area is 482 Å². The zero-order chi connectivity index (χ0) is 67.3. The molecule has 16 N–H and O–H groups in total. The Bertz CT molecular complexity index is 1640. The van der Waals surface area contributed by atoms with Gasteiger partial charge in [-0.05, 0) is 0 Å². The topological polar surface area (TPSA) is 903 Å². The van der Waals surface area contributed by atoms with Crippen LogP contribution in [0.15, 0.2) is 0 Å². The monoisotopic (exact) mass is 1900 g/mol. The van der Waals surface area contributed by atoms with Crippen LogP contribution in [0.5, 0.6) is 0 Å². The maximum atomic E-state index is 8.63. The molecule has 0 radical (unpaired) electrons. The molecule has 0 heterocycles. The summed E-state index contributed by atoms with van der Waals surface area (Å²) in [7, 11) is 0. The summed E-state index contributed by atoms with van der Waals surface area (Å²) < 4.78 is 276. The van der Waals surface area contributed by atoms with Crippen LogP contribution >= 0.6 is 0 Å². The summed E-state index contributed by atoms with van der Waals surface area (Å²) in [6.45, 7) is 8.46. The molecular formula is C24H64Mo8N4O44-12. The number of hydrogen-bond acceptors (Lipinski definition) is 44. The molecule has 0 spiro atoms. The van der Waals surface area contributed by atoms with Gasteiger partial charge in [-0.15, -0.1) is 0 Å². The van der Waals surface area contributed by atoms with Crippen molar-refractivity contribution in [3.05, 3.63) is 0 Å². The Morgan fingerprint density at radius 1 is 0.163 bits per heavy atom. The number of aliphatic hydroxyl groups excluding tert-OH is 12. The predicted molar refractivity (Wildman–Crippen MR) is 158 cm³/mol. The first kappa shape index (κ1) is 109. The van der Waals surface area contributed by atoms with E-state index in [-0.39, 0.29) is 79.3 Å². The molecule has 0 bridgehead atoms. The molecule has 56 heteroatoms. The molecule has 0 rings (SSSR count). The fourth-order valence-electron chi connectivity index (χ4n) is 3.40. The molecule has 0 aliphatic heterocycles. The molecule has 0 fully saturated rings. The number of rotatable bonds is 24. The Balaban J connectivity index is -0.0000000640. The normalized spacial score (nSPS) is 11.2. The summed E-state index contributed by atoms with van der Waals surface area (Å²) in [5.41, 5.74) is 0. The number of hydrogen-bond donors (Lipinski definition) is 16. The van der Waals surface area contributed by atoms with Gasteiger partial charge in [0.25, 0.3) is 0 Å². The minimum absolute atomic E-state index is 0.106. The van der Waals surface area contributed by atoms with Crippen molar-refractivity contribution in [1.29, 1.82) is 0 Å². The molecular weight excluding hydrogens is 1820 g/mol. The Morgan fingerprint density at radius 2 is 0.200 bits per heavy atom. The van der Waals surface area contributed by atoms with Crippen molar-refractivity contribution in [2.24, 2.45) is 0 Å². The molecule has 0 aromatic heterocycles. The standard InChI is InChI=1S/4C6H15NO3.8Mo.32O/c4*8-4-1-7(2-5-9)3-6-10;;;;;;;;;;;;;;;;;;;;;;;;;;;;;;;;;;;;;;;;/h4*8-10H,1-6H2;;;;;;;;;;;;;;;;;;;;;;;;;;;;;;;;;;;;;;;;/q;;;;;;;;;;;;;;;;;;;;;;;;;;;;16*-1/p+4. The quantitative estimate of drug-likeness (QED) is 0.0399. The van der Waals surface area contributed by atoms with Crippen molar-refractivity contribution in [2.45, 2.75) is 0 Å². The van der Waals surface area contributed by atoms with Gasteiger partial charge in [-0.3, -0.25) is 0 Å². The SMILES string of the molecule is OCC[NH+](CCO)CCO.OCC[NH+](CCO)CCO.OCC[NH+](CCO)CCO.OCC[NH+](CCO)CCO.[O]=[Mo](=[O])([O-])[O-].[O]=[Mo](=[O])([O-])[O-].[O]=[Mo](=[O])([O-])[O-].[O]=[Mo](=[O])([O-])[O-].[O]=[Mo](=[O])([O-])[O-].[O]=[Mo](=[O])([O-])[O-].[O]=[Mo](=[O])([O-])[O-].[O]=[Mo](=[O])([O-])[O-]. The van der Waals surface area contributed by atoms with Gasteiger partial charge in [0.2, 0.25) is 0 Å². The molecule has 0 atom stereocenters. The van der Waals surface area contributed by atoms with Crippen LogP contribution in [0.3, 0.4) is 0 Å². The summed E-state index contributed by atoms with van der Waals surface area (Å²) >= 11 is -48.2. The minimum atomic E-state index is -6.02. The molecule has 0 aliphatic rings. The van der Waals surface area contributed by atoms with Gasteiger partial charge in [0.15, 0.2) is 0 Å². The number of quaternary nitrogens is 4. The van der Waals surface area contributed by atoms with Gasteiger partial charge in [0.1, 0.15) is 78.5 Å². The molecule has 0 saturated carbocycles. The molecule has 504 valence electrons.